The van der Waals surface area contributed by atoms with Crippen LogP contribution < -0.4 is 5.32 Å². The van der Waals surface area contributed by atoms with E-state index in [1.807, 2.05) is 0 Å². The van der Waals surface area contributed by atoms with E-state index in [2.05, 4.69) is 71.0 Å². The Balaban J connectivity index is 1.94. The predicted molar refractivity (Wildman–Crippen MR) is 79.0 cm³/mol. The molecule has 2 aromatic carbocycles. The molecule has 0 fully saturated rings. The van der Waals surface area contributed by atoms with Crippen molar-refractivity contribution in [2.24, 2.45) is 0 Å². The summed E-state index contributed by atoms with van der Waals surface area (Å²) in [4.78, 5) is 2.43. The van der Waals surface area contributed by atoms with Gasteiger partial charge in [-0.3, -0.25) is 0 Å². The third-order valence-corrected chi connectivity index (χ3v) is 4.01. The average molecular weight is 248 g/mol. The molecule has 1 N–H and O–H groups in total. The minimum Gasteiger partial charge on any atom is -0.383 e. The molecule has 4 rings (SSSR count). The van der Waals surface area contributed by atoms with Crippen molar-refractivity contribution in [1.82, 2.24) is 4.90 Å². The van der Waals surface area contributed by atoms with Crippen LogP contribution in [0.1, 0.15) is 22.7 Å². The molecule has 2 heterocycles. The zero-order chi connectivity index (χ0) is 12.7. The van der Waals surface area contributed by atoms with E-state index in [0.29, 0.717) is 6.04 Å². The molecule has 94 valence electrons. The van der Waals surface area contributed by atoms with Gasteiger partial charge in [-0.1, -0.05) is 42.5 Å². The SMILES string of the molecule is C1=CN2CCNc3ccccc3C2c2ccccc21. The second-order valence-electron chi connectivity index (χ2n) is 5.10. The molecule has 19 heavy (non-hydrogen) atoms. The number of rotatable bonds is 0. The second-order valence-corrected chi connectivity index (χ2v) is 5.10. The Morgan fingerprint density at radius 1 is 0.947 bits per heavy atom. The molecule has 1 atom stereocenters. The van der Waals surface area contributed by atoms with E-state index in [4.69, 9.17) is 0 Å². The highest BCUT2D eigenvalue weighted by atomic mass is 15.2. The van der Waals surface area contributed by atoms with Gasteiger partial charge in [-0.05, 0) is 23.3 Å². The van der Waals surface area contributed by atoms with Gasteiger partial charge in [0, 0.05) is 30.5 Å². The van der Waals surface area contributed by atoms with E-state index in [9.17, 15) is 0 Å². The topological polar surface area (TPSA) is 15.3 Å². The van der Waals surface area contributed by atoms with Crippen LogP contribution in [0.15, 0.2) is 54.7 Å². The molecule has 2 aromatic rings. The molecule has 0 spiro atoms. The van der Waals surface area contributed by atoms with Crippen LogP contribution in [0.25, 0.3) is 6.08 Å². The summed E-state index contributed by atoms with van der Waals surface area (Å²) in [6.07, 6.45) is 4.45. The monoisotopic (exact) mass is 248 g/mol. The molecule has 0 saturated heterocycles. The van der Waals surface area contributed by atoms with Crippen LogP contribution >= 0.6 is 0 Å². The van der Waals surface area contributed by atoms with E-state index in [1.165, 1.54) is 22.4 Å². The average Bonchev–Trinajstić information content (AvgIpc) is 2.66. The maximum Gasteiger partial charge on any atom is 0.0816 e. The van der Waals surface area contributed by atoms with Crippen LogP contribution in [0.5, 0.6) is 0 Å². The maximum atomic E-state index is 3.54. The van der Waals surface area contributed by atoms with Crippen LogP contribution in [0, 0.1) is 0 Å². The minimum atomic E-state index is 0.340. The predicted octanol–water partition coefficient (Wildman–Crippen LogP) is 3.49. The number of nitrogens with zero attached hydrogens (tertiary/aromatic N) is 1. The van der Waals surface area contributed by atoms with E-state index in [0.717, 1.165) is 13.1 Å². The fraction of sp³-hybridized carbons (Fsp3) is 0.176. The molecule has 0 radical (unpaired) electrons. The summed E-state index contributed by atoms with van der Waals surface area (Å²) in [6, 6.07) is 17.7. The largest absolute Gasteiger partial charge is 0.383 e. The van der Waals surface area contributed by atoms with Crippen molar-refractivity contribution in [2.75, 3.05) is 18.4 Å². The summed E-state index contributed by atoms with van der Waals surface area (Å²) >= 11 is 0. The van der Waals surface area contributed by atoms with Crippen molar-refractivity contribution < 1.29 is 0 Å². The van der Waals surface area contributed by atoms with Crippen molar-refractivity contribution in [3.05, 3.63) is 71.4 Å². The summed E-state index contributed by atoms with van der Waals surface area (Å²) in [5.74, 6) is 0. The quantitative estimate of drug-likeness (QED) is 0.767. The molecule has 2 heteroatoms. The molecule has 1 unspecified atom stereocenters. The number of fused-ring (bicyclic) bond motifs is 5. The smallest absolute Gasteiger partial charge is 0.0816 e. The normalized spacial score (nSPS) is 19.8. The lowest BCUT2D eigenvalue weighted by Crippen LogP contribution is -2.28. The first-order valence-corrected chi connectivity index (χ1v) is 6.79. The molecule has 0 bridgehead atoms. The van der Waals surface area contributed by atoms with Gasteiger partial charge < -0.3 is 10.2 Å². The van der Waals surface area contributed by atoms with E-state index < -0.39 is 0 Å². The molecule has 0 saturated carbocycles. The van der Waals surface area contributed by atoms with Crippen molar-refractivity contribution in [2.45, 2.75) is 6.04 Å². The Morgan fingerprint density at radius 2 is 1.74 bits per heavy atom. The first-order chi connectivity index (χ1) is 9.43. The van der Waals surface area contributed by atoms with Crippen molar-refractivity contribution in [3.8, 4) is 0 Å². The third-order valence-electron chi connectivity index (χ3n) is 4.01. The molecule has 0 aliphatic carbocycles. The van der Waals surface area contributed by atoms with E-state index in [1.54, 1.807) is 0 Å². The number of para-hydroxylation sites is 1. The van der Waals surface area contributed by atoms with Gasteiger partial charge in [0.1, 0.15) is 0 Å². The van der Waals surface area contributed by atoms with E-state index in [-0.39, 0.29) is 0 Å². The second kappa shape index (κ2) is 4.16. The summed E-state index contributed by atoms with van der Waals surface area (Å²) < 4.78 is 0. The van der Waals surface area contributed by atoms with Crippen molar-refractivity contribution in [3.63, 3.8) is 0 Å². The highest BCUT2D eigenvalue weighted by Crippen LogP contribution is 2.39. The van der Waals surface area contributed by atoms with Gasteiger partial charge in [0.05, 0.1) is 6.04 Å². The Bertz CT molecular complexity index is 645. The van der Waals surface area contributed by atoms with Gasteiger partial charge in [-0.2, -0.15) is 0 Å². The lowest BCUT2D eigenvalue weighted by molar-refractivity contribution is 0.332. The summed E-state index contributed by atoms with van der Waals surface area (Å²) in [7, 11) is 0. The first kappa shape index (κ1) is 10.7. The summed E-state index contributed by atoms with van der Waals surface area (Å²) in [5.41, 5.74) is 5.37. The molecule has 0 amide bonds. The van der Waals surface area contributed by atoms with Gasteiger partial charge in [-0.25, -0.2) is 0 Å². The Hall–Kier alpha value is -2.22. The van der Waals surface area contributed by atoms with Crippen LogP contribution in [-0.4, -0.2) is 18.0 Å². The van der Waals surface area contributed by atoms with Crippen molar-refractivity contribution >= 4 is 11.8 Å². The van der Waals surface area contributed by atoms with Crippen LogP contribution in [-0.2, 0) is 0 Å². The number of nitrogens with one attached hydrogen (secondary N) is 1. The van der Waals surface area contributed by atoms with E-state index >= 15 is 0 Å². The Kier molecular flexibility index (Phi) is 2.34. The Morgan fingerprint density at radius 3 is 2.68 bits per heavy atom. The molecular formula is C17H16N2. The zero-order valence-corrected chi connectivity index (χ0v) is 10.7. The highest BCUT2D eigenvalue weighted by Gasteiger charge is 2.28. The van der Waals surface area contributed by atoms with Gasteiger partial charge in [0.2, 0.25) is 0 Å². The van der Waals surface area contributed by atoms with Gasteiger partial charge in [0.25, 0.3) is 0 Å². The maximum absolute atomic E-state index is 3.54. The van der Waals surface area contributed by atoms with Crippen LogP contribution in [0.4, 0.5) is 5.69 Å². The summed E-state index contributed by atoms with van der Waals surface area (Å²) in [6.45, 7) is 2.02. The number of hydrogen-bond acceptors (Lipinski definition) is 2. The lowest BCUT2D eigenvalue weighted by atomic mass is 9.90. The zero-order valence-electron chi connectivity index (χ0n) is 10.7. The number of hydrogen-bond donors (Lipinski definition) is 1. The highest BCUT2D eigenvalue weighted by molar-refractivity contribution is 5.63. The standard InChI is InChI=1S/C17H16N2/c1-2-6-14-13(5-1)9-11-19-12-10-18-16-8-4-3-7-15(16)17(14)19/h1-9,11,17-18H,10,12H2. The van der Waals surface area contributed by atoms with Gasteiger partial charge in [-0.15, -0.1) is 0 Å². The first-order valence-electron chi connectivity index (χ1n) is 6.79. The molecule has 2 aliphatic heterocycles. The van der Waals surface area contributed by atoms with Crippen LogP contribution in [0.3, 0.4) is 0 Å². The third kappa shape index (κ3) is 1.64. The number of anilines is 1. The molecule has 0 aromatic heterocycles. The minimum absolute atomic E-state index is 0.340. The molecule has 2 aliphatic rings. The van der Waals surface area contributed by atoms with Crippen LogP contribution in [0.2, 0.25) is 0 Å². The fourth-order valence-corrected chi connectivity index (χ4v) is 3.12. The fourth-order valence-electron chi connectivity index (χ4n) is 3.12. The van der Waals surface area contributed by atoms with Gasteiger partial charge in [0.15, 0.2) is 0 Å². The molecule has 2 nitrogen and oxygen atoms in total. The summed E-state index contributed by atoms with van der Waals surface area (Å²) in [5, 5.41) is 3.54. The molecular weight excluding hydrogens is 232 g/mol. The van der Waals surface area contributed by atoms with Gasteiger partial charge >= 0.3 is 0 Å². The lowest BCUT2D eigenvalue weighted by Gasteiger charge is -2.33. The van der Waals surface area contributed by atoms with Crippen molar-refractivity contribution in [1.29, 1.82) is 0 Å². The Labute approximate surface area is 113 Å². The number of benzene rings is 2.